The number of carbonyl (C=O) groups excluding carboxylic acids is 1. The van der Waals surface area contributed by atoms with Crippen molar-refractivity contribution in [2.45, 2.75) is 25.3 Å². The van der Waals surface area contributed by atoms with Crippen LogP contribution >= 0.6 is 0 Å². The van der Waals surface area contributed by atoms with Gasteiger partial charge >= 0.3 is 0 Å². The number of nitrogens with zero attached hydrogens (tertiary/aromatic N) is 2. The summed E-state index contributed by atoms with van der Waals surface area (Å²) in [7, 11) is 1.88. The van der Waals surface area contributed by atoms with E-state index >= 15 is 0 Å². The average molecular weight is 438 g/mol. The van der Waals surface area contributed by atoms with Crippen LogP contribution in [0, 0.1) is 6.92 Å². The molecule has 1 aromatic carbocycles. The predicted octanol–water partition coefficient (Wildman–Crippen LogP) is 2.14. The molecule has 0 aliphatic rings. The van der Waals surface area contributed by atoms with Crippen molar-refractivity contribution >= 4 is 18.1 Å². The van der Waals surface area contributed by atoms with Gasteiger partial charge in [-0.3, -0.25) is 14.5 Å². The Balaban J connectivity index is 0.00000625. The smallest absolute Gasteiger partial charge is 0.294 e. The molecule has 8 heteroatoms. The summed E-state index contributed by atoms with van der Waals surface area (Å²) in [5.74, 6) is -0.929. The zero-order valence-electron chi connectivity index (χ0n) is 15.3. The first-order valence-electron chi connectivity index (χ1n) is 8.31. The molecule has 0 fully saturated rings. The average Bonchev–Trinajstić information content (AvgIpc) is 2.62. The van der Waals surface area contributed by atoms with Gasteiger partial charge < -0.3 is 27.4 Å². The van der Waals surface area contributed by atoms with Crippen molar-refractivity contribution in [1.82, 2.24) is 4.90 Å². The van der Waals surface area contributed by atoms with Crippen molar-refractivity contribution < 1.29 is 52.1 Å². The number of anilines is 1. The van der Waals surface area contributed by atoms with Crippen molar-refractivity contribution in [3.8, 4) is 0 Å². The Hall–Kier alpha value is -1.02. The van der Waals surface area contributed by atoms with Gasteiger partial charge in [0.05, 0.1) is 0 Å². The second-order valence-corrected chi connectivity index (χ2v) is 5.65. The number of ether oxygens (including phenoxy) is 1. The topological polar surface area (TPSA) is 93.0 Å². The molecular formula is C18H27N3O4Y-2. The third-order valence-corrected chi connectivity index (χ3v) is 3.88. The minimum absolute atomic E-state index is 0. The molecular weight excluding hydrogens is 411 g/mol. The van der Waals surface area contributed by atoms with Crippen LogP contribution in [0.4, 0.5) is 5.69 Å². The summed E-state index contributed by atoms with van der Waals surface area (Å²) in [4.78, 5) is 23.1. The summed E-state index contributed by atoms with van der Waals surface area (Å²) in [5, 5.41) is 15.6. The van der Waals surface area contributed by atoms with Gasteiger partial charge in [-0.1, -0.05) is 18.6 Å². The Morgan fingerprint density at radius 1 is 1.42 bits per heavy atom. The first-order chi connectivity index (χ1) is 12.1. The molecule has 1 atom stereocenters. The van der Waals surface area contributed by atoms with Crippen LogP contribution in [0.25, 0.3) is 5.32 Å². The number of aliphatic carboxylic acids is 1. The van der Waals surface area contributed by atoms with Crippen LogP contribution in [0.15, 0.2) is 24.3 Å². The largest absolute Gasteiger partial charge is 0.653 e. The summed E-state index contributed by atoms with van der Waals surface area (Å²) in [6.45, 7) is 5.58. The fraction of sp³-hybridized carbons (Fsp3) is 0.500. The maximum Gasteiger partial charge on any atom is 0.294 e. The first kappa shape index (κ1) is 25.0. The van der Waals surface area contributed by atoms with Gasteiger partial charge in [0.15, 0.2) is 0 Å². The maximum atomic E-state index is 10.5. The van der Waals surface area contributed by atoms with Crippen molar-refractivity contribution in [2.24, 2.45) is 0 Å². The Kier molecular flexibility index (Phi) is 14.5. The van der Waals surface area contributed by atoms with Gasteiger partial charge in [0.2, 0.25) is 0 Å². The molecule has 0 amide bonds. The monoisotopic (exact) mass is 438 g/mol. The Morgan fingerprint density at radius 3 is 2.65 bits per heavy atom. The molecule has 26 heavy (non-hydrogen) atoms. The molecule has 0 saturated heterocycles. The summed E-state index contributed by atoms with van der Waals surface area (Å²) in [6.07, 6.45) is 2.16. The quantitative estimate of drug-likeness (QED) is 0.200. The van der Waals surface area contributed by atoms with Crippen LogP contribution in [0.1, 0.15) is 18.4 Å². The third-order valence-electron chi connectivity index (χ3n) is 3.88. The SMILES string of the molecule is [CH2-]CC(Cc1ccc(NC)cc1)N(CCC[N-]CC(=O)O)COC=O.[Y]. The number of carboxylic acid groups (broad SMARTS) is 1. The van der Waals surface area contributed by atoms with Crippen LogP contribution in [-0.2, 0) is 53.5 Å². The fourth-order valence-electron chi connectivity index (χ4n) is 2.53. The fourth-order valence-corrected chi connectivity index (χ4v) is 2.53. The van der Waals surface area contributed by atoms with E-state index in [1.807, 2.05) is 24.1 Å². The molecule has 1 rings (SSSR count). The maximum absolute atomic E-state index is 10.5. The standard InChI is InChI=1S/C18H27N3O4.Y/c1-3-17(11-15-5-7-16(19-2)8-6-15)21(13-25-14-22)10-4-9-20-12-18(23)24;/h5-8,14,17,19H,1,3-4,9-13H2,2H3,(H,23,24);/q-2;. The number of hydrogen-bond acceptors (Lipinski definition) is 5. The van der Waals surface area contributed by atoms with E-state index in [0.717, 1.165) is 12.1 Å². The van der Waals surface area contributed by atoms with Crippen molar-refractivity contribution in [1.29, 1.82) is 0 Å². The first-order valence-corrected chi connectivity index (χ1v) is 8.31. The molecule has 0 spiro atoms. The Bertz CT molecular complexity index is 514. The molecule has 1 unspecified atom stereocenters. The number of rotatable bonds is 14. The van der Waals surface area contributed by atoms with Crippen LogP contribution < -0.4 is 5.32 Å². The van der Waals surface area contributed by atoms with Crippen molar-refractivity contribution in [3.63, 3.8) is 0 Å². The molecule has 1 radical (unpaired) electrons. The second kappa shape index (κ2) is 15.1. The number of carbonyl (C=O) groups is 2. The summed E-state index contributed by atoms with van der Waals surface area (Å²) in [6, 6.07) is 8.30. The molecule has 0 heterocycles. The minimum atomic E-state index is -0.929. The molecule has 0 aromatic heterocycles. The van der Waals surface area contributed by atoms with E-state index in [2.05, 4.69) is 29.7 Å². The van der Waals surface area contributed by atoms with E-state index in [-0.39, 0.29) is 52.0 Å². The van der Waals surface area contributed by atoms with Gasteiger partial charge in [0, 0.05) is 45.4 Å². The van der Waals surface area contributed by atoms with Gasteiger partial charge in [-0.15, -0.1) is 6.54 Å². The van der Waals surface area contributed by atoms with Crippen LogP contribution in [0.3, 0.4) is 0 Å². The van der Waals surface area contributed by atoms with Crippen LogP contribution in [0.5, 0.6) is 0 Å². The number of benzene rings is 1. The minimum Gasteiger partial charge on any atom is -0.653 e. The Labute approximate surface area is 180 Å². The van der Waals surface area contributed by atoms with Gasteiger partial charge in [-0.25, -0.2) is 0 Å². The van der Waals surface area contributed by atoms with Crippen molar-refractivity contribution in [2.75, 3.05) is 38.7 Å². The second-order valence-electron chi connectivity index (χ2n) is 5.65. The van der Waals surface area contributed by atoms with Gasteiger partial charge in [0.25, 0.3) is 12.4 Å². The van der Waals surface area contributed by atoms with Crippen LogP contribution in [0.2, 0.25) is 0 Å². The summed E-state index contributed by atoms with van der Waals surface area (Å²) < 4.78 is 4.93. The Morgan fingerprint density at radius 2 is 2.12 bits per heavy atom. The molecule has 1 aromatic rings. The van der Waals surface area contributed by atoms with Gasteiger partial charge in [-0.2, -0.15) is 6.42 Å². The normalized spacial score (nSPS) is 11.5. The van der Waals surface area contributed by atoms with Crippen LogP contribution in [-0.4, -0.2) is 61.9 Å². The van der Waals surface area contributed by atoms with E-state index in [1.165, 1.54) is 5.56 Å². The third kappa shape index (κ3) is 10.2. The van der Waals surface area contributed by atoms with E-state index in [1.54, 1.807) is 0 Å². The van der Waals surface area contributed by atoms with Crippen molar-refractivity contribution in [3.05, 3.63) is 42.1 Å². The van der Waals surface area contributed by atoms with E-state index < -0.39 is 5.97 Å². The predicted molar refractivity (Wildman–Crippen MR) is 97.5 cm³/mol. The van der Waals surface area contributed by atoms with Gasteiger partial charge in [0.1, 0.15) is 6.73 Å². The zero-order chi connectivity index (χ0) is 18.5. The van der Waals surface area contributed by atoms with Gasteiger partial charge in [-0.05, 0) is 43.2 Å². The summed E-state index contributed by atoms with van der Waals surface area (Å²) >= 11 is 0. The molecule has 0 aliphatic heterocycles. The zero-order valence-corrected chi connectivity index (χ0v) is 18.1. The molecule has 0 saturated carbocycles. The molecule has 0 aliphatic carbocycles. The number of hydrogen-bond donors (Lipinski definition) is 2. The number of carboxylic acids is 1. The molecule has 2 N–H and O–H groups in total. The number of nitrogens with one attached hydrogen (secondary N) is 1. The van der Waals surface area contributed by atoms with E-state index in [9.17, 15) is 9.59 Å². The summed E-state index contributed by atoms with van der Waals surface area (Å²) in [5.41, 5.74) is 2.23. The van der Waals surface area contributed by atoms with E-state index in [4.69, 9.17) is 9.84 Å². The molecule has 143 valence electrons. The molecule has 0 bridgehead atoms. The molecule has 7 nitrogen and oxygen atoms in total. The van der Waals surface area contributed by atoms with E-state index in [0.29, 0.717) is 32.4 Å².